The zero-order chi connectivity index (χ0) is 87.1. The van der Waals surface area contributed by atoms with Crippen molar-refractivity contribution in [3.63, 3.8) is 0 Å². The van der Waals surface area contributed by atoms with Gasteiger partial charge in [-0.3, -0.25) is 14.4 Å². The minimum Gasteiger partial charge on any atom is -0.508 e. The Bertz CT molecular complexity index is 3920. The zero-order valence-corrected chi connectivity index (χ0v) is 80.7. The molecule has 0 radical (unpaired) electrons. The molecule has 0 bridgehead atoms. The van der Waals surface area contributed by atoms with Gasteiger partial charge >= 0.3 is 0 Å². The number of fused-ring (bicyclic) bond motifs is 23. The molecule has 0 spiro atoms. The van der Waals surface area contributed by atoms with Gasteiger partial charge in [-0.05, 0) is 425 Å². The van der Waals surface area contributed by atoms with Crippen molar-refractivity contribution in [2.24, 2.45) is 144 Å². The number of rotatable bonds is 2. The predicted octanol–water partition coefficient (Wildman–Crippen LogP) is 29.6. The number of benzene rings is 2. The van der Waals surface area contributed by atoms with Gasteiger partial charge in [0, 0.05) is 24.2 Å². The lowest BCUT2D eigenvalue weighted by atomic mass is 9.47. The lowest BCUT2D eigenvalue weighted by Crippen LogP contribution is -2.50. The third-order valence-corrected chi connectivity index (χ3v) is 39.0. The number of aliphatic hydroxyl groups is 2. The second kappa shape index (κ2) is 38.5. The summed E-state index contributed by atoms with van der Waals surface area (Å²) in [6.07, 6.45) is 46.5. The van der Waals surface area contributed by atoms with Gasteiger partial charge in [0.1, 0.15) is 17.3 Å². The first-order valence-electron chi connectivity index (χ1n) is 50.9. The number of aromatic hydroxyl groups is 2. The number of allylic oxidation sites excluding steroid dienone is 9. The van der Waals surface area contributed by atoms with E-state index in [1.54, 1.807) is 11.1 Å². The molecule has 28 atom stereocenters. The van der Waals surface area contributed by atoms with Gasteiger partial charge in [-0.2, -0.15) is 0 Å². The Labute approximate surface area is 728 Å². The molecule has 0 heterocycles. The van der Waals surface area contributed by atoms with Crippen LogP contribution in [-0.2, 0) is 27.2 Å². The molecule has 0 aromatic heterocycles. The number of phenolic OH excluding ortho intramolecular Hbond substituents is 2. The lowest BCUT2D eigenvalue weighted by Gasteiger charge is -2.58. The zero-order valence-electron chi connectivity index (χ0n) is 80.7. The van der Waals surface area contributed by atoms with Crippen LogP contribution in [0, 0.1) is 144 Å². The third-order valence-electron chi connectivity index (χ3n) is 39.0. The van der Waals surface area contributed by atoms with E-state index in [4.69, 9.17) is 0 Å². The van der Waals surface area contributed by atoms with Gasteiger partial charge in [0.2, 0.25) is 0 Å². The quantitative estimate of drug-likeness (QED) is 0.235. The molecule has 0 aliphatic heterocycles. The van der Waals surface area contributed by atoms with Crippen molar-refractivity contribution >= 4 is 17.3 Å². The highest BCUT2D eigenvalue weighted by molar-refractivity contribution is 5.93. The number of ketones is 3. The summed E-state index contributed by atoms with van der Waals surface area (Å²) in [5.74, 6) is 16.6. The molecule has 4 N–H and O–H groups in total. The van der Waals surface area contributed by atoms with E-state index in [9.17, 15) is 34.8 Å². The van der Waals surface area contributed by atoms with E-state index in [2.05, 4.69) is 122 Å². The molecule has 2 aromatic rings. The molecule has 20 rings (SSSR count). The number of aliphatic hydroxyl groups excluding tert-OH is 2. The summed E-state index contributed by atoms with van der Waals surface area (Å²) in [5.41, 5.74) is 19.2. The molecule has 11 fully saturated rings. The smallest absolute Gasteiger partial charge is 0.156 e. The van der Waals surface area contributed by atoms with Crippen LogP contribution < -0.4 is 0 Å². The van der Waals surface area contributed by atoms with Gasteiger partial charge in [0.15, 0.2) is 11.6 Å². The van der Waals surface area contributed by atoms with Gasteiger partial charge < -0.3 is 20.4 Å². The number of carbonyl (C=O) groups is 3. The van der Waals surface area contributed by atoms with Crippen molar-refractivity contribution in [2.45, 2.75) is 409 Å². The highest BCUT2D eigenvalue weighted by atomic mass is 16.3. The average molecular weight is 1630 g/mol. The van der Waals surface area contributed by atoms with Crippen molar-refractivity contribution in [1.82, 2.24) is 0 Å². The van der Waals surface area contributed by atoms with Crippen LogP contribution >= 0.6 is 0 Å². The first-order valence-corrected chi connectivity index (χ1v) is 50.9. The predicted molar refractivity (Wildman–Crippen MR) is 499 cm³/mol. The Kier molecular flexibility index (Phi) is 30.8. The van der Waals surface area contributed by atoms with E-state index in [0.29, 0.717) is 104 Å². The summed E-state index contributed by atoms with van der Waals surface area (Å²) < 4.78 is 0. The van der Waals surface area contributed by atoms with Crippen LogP contribution in [0.5, 0.6) is 11.5 Å². The van der Waals surface area contributed by atoms with Crippen LogP contribution in [0.1, 0.15) is 406 Å². The van der Waals surface area contributed by atoms with Crippen LogP contribution in [0.4, 0.5) is 0 Å². The molecule has 18 aliphatic rings. The number of Topliss-reactive ketones (excluding diaryl/α,β-unsaturated/α-hetero) is 1. The van der Waals surface area contributed by atoms with Crippen molar-refractivity contribution in [1.29, 1.82) is 0 Å². The Balaban J connectivity index is 0.000000142. The van der Waals surface area contributed by atoms with E-state index < -0.39 is 0 Å². The van der Waals surface area contributed by atoms with Crippen molar-refractivity contribution in [3.8, 4) is 11.5 Å². The van der Waals surface area contributed by atoms with Gasteiger partial charge in [0.05, 0.1) is 12.2 Å². The SMILES string of the molecule is CC.CC.CC.CC.CC.CC(C)C(=O)[C@@]1(C)CC[C@H]2[C@@H]3CCC4=CC(=O)CCC4=C3CC[C@@]21C.C[C@@H]1CC2=CCCCC2=C2[C@@H]1[C@@H]1CC[C@H](C)[C@@]1(C)C[C@@H]2C.C[C@@H]1C[C@H]2[C@@H]3CCc4cc(O)ccc4[C@H]3CC[C@]2(C)[C@H]1O.C[C@H]1CC[C@H]2[C@@H]3CCC4=CC(=O)CC[C@]4(C)[C@H]3CC[C@]12C.C[C@H]1[C@H](O)C[C@H]2[C@@H]3CCc4cc(O)ccc4[C@H]3CC[C@]12C. The monoisotopic (exact) mass is 1630 g/mol. The molecular formula is C112H176O7. The minimum atomic E-state index is -0.152. The first kappa shape index (κ1) is 95.3. The summed E-state index contributed by atoms with van der Waals surface area (Å²) in [6.45, 7) is 55.9. The number of hydrogen-bond donors (Lipinski definition) is 4. The molecule has 666 valence electrons. The van der Waals surface area contributed by atoms with Crippen molar-refractivity contribution < 1.29 is 34.8 Å². The van der Waals surface area contributed by atoms with Crippen LogP contribution in [-0.4, -0.2) is 50.0 Å². The summed E-state index contributed by atoms with van der Waals surface area (Å²) >= 11 is 0. The van der Waals surface area contributed by atoms with Gasteiger partial charge in [-0.1, -0.05) is 208 Å². The Morgan fingerprint density at radius 1 is 0.462 bits per heavy atom. The van der Waals surface area contributed by atoms with Crippen LogP contribution in [0.3, 0.4) is 0 Å². The fourth-order valence-electron chi connectivity index (χ4n) is 32.2. The number of aryl methyl sites for hydroxylation is 2. The Morgan fingerprint density at radius 3 is 1.65 bits per heavy atom. The Hall–Kier alpha value is -4.33. The van der Waals surface area contributed by atoms with Crippen molar-refractivity contribution in [2.75, 3.05) is 0 Å². The summed E-state index contributed by atoms with van der Waals surface area (Å²) in [5, 5.41) is 40.4. The standard InChI is InChI=1S/C23H32O2.C21H32.C20H30O.2C19H26O2.5C2H6/c1-14(2)21(25)23(4)12-10-20-19-7-5-15-13-16(24)6-8-17(15)18(19)9-11-22(20,23)3;1-13-11-16-7-5-6-8-17(16)19-14(2)12-21(4)15(3)9-10-18(21)20(13)19;1-13-4-7-17-16-6-5-14-12-15(21)8-10-20(14,3)18(16)9-11-19(13,17)2;1-11-18(21)10-17-16-5-3-12-9-13(20)4-6-14(12)15(16)7-8-19(11,17)2;1-11-9-17-16-5-3-12-10-13(20)4-6-14(12)15(16)7-8-19(17,2)18(11)21;5*1-2/h13-14,19-20H,5-12H2,1-4H3;7,13-15,18,20H,5-6,8-12H2,1-4H3;12-13,16-18H,4-11H2,1-3H3;4,6,9,11,15-18,20-21H,3,5,7-8,10H2,1-2H3;4,6,10-11,15-18,20-21H,3,5,7-9H2,1-2H3;5*1-2H3/t19-,20+,22+,23-;13-,14+,15+,18+,20+,21-;13-,16-,17-,18-,19+,20-;11-,15+,16+,17-,18+,19+;11-,15-,16-,17+,18+,19+;;;;;/m11001...../s1. The fourth-order valence-corrected chi connectivity index (χ4v) is 32.2. The second-order valence-corrected chi connectivity index (χ2v) is 43.6. The largest absolute Gasteiger partial charge is 0.508 e. The number of carbonyl (C=O) groups excluding carboxylic acids is 3. The maximum Gasteiger partial charge on any atom is 0.156 e. The summed E-state index contributed by atoms with van der Waals surface area (Å²) in [4.78, 5) is 36.7. The number of phenols is 2. The maximum absolute atomic E-state index is 13.1. The number of hydrogen-bond acceptors (Lipinski definition) is 7. The maximum atomic E-state index is 13.1. The molecule has 0 unspecified atom stereocenters. The summed E-state index contributed by atoms with van der Waals surface area (Å²) in [6, 6.07) is 11.9. The van der Waals surface area contributed by atoms with Crippen LogP contribution in [0.25, 0.3) is 0 Å². The van der Waals surface area contributed by atoms with E-state index in [1.807, 2.05) is 117 Å². The summed E-state index contributed by atoms with van der Waals surface area (Å²) in [7, 11) is 0. The molecular weight excluding hydrogens is 1460 g/mol. The highest BCUT2D eigenvalue weighted by Gasteiger charge is 2.64. The molecule has 7 nitrogen and oxygen atoms in total. The van der Waals surface area contributed by atoms with E-state index >= 15 is 0 Å². The fraction of sp³-hybridized carbons (Fsp3) is 0.777. The highest BCUT2D eigenvalue weighted by Crippen LogP contribution is 2.71. The third kappa shape index (κ3) is 16.9. The lowest BCUT2D eigenvalue weighted by molar-refractivity contribution is -0.139. The second-order valence-electron chi connectivity index (χ2n) is 43.6. The molecule has 119 heavy (non-hydrogen) atoms. The van der Waals surface area contributed by atoms with Gasteiger partial charge in [0.25, 0.3) is 0 Å². The molecule has 0 amide bonds. The van der Waals surface area contributed by atoms with E-state index in [-0.39, 0.29) is 34.4 Å². The van der Waals surface area contributed by atoms with Crippen molar-refractivity contribution in [3.05, 3.63) is 116 Å². The molecule has 18 aliphatic carbocycles. The molecule has 11 saturated carbocycles. The van der Waals surface area contributed by atoms with Gasteiger partial charge in [-0.25, -0.2) is 0 Å². The average Bonchev–Trinajstić information content (AvgIpc) is 1.57. The van der Waals surface area contributed by atoms with E-state index in [0.717, 1.165) is 136 Å². The molecule has 7 heteroatoms. The van der Waals surface area contributed by atoms with Gasteiger partial charge in [-0.15, -0.1) is 0 Å². The topological polar surface area (TPSA) is 132 Å². The van der Waals surface area contributed by atoms with Crippen LogP contribution in [0.2, 0.25) is 0 Å². The van der Waals surface area contributed by atoms with E-state index in [1.165, 1.54) is 174 Å². The first-order chi connectivity index (χ1) is 56.8. The molecule has 0 saturated heterocycles. The van der Waals surface area contributed by atoms with Crippen LogP contribution in [0.15, 0.2) is 93.6 Å². The normalized spacial score (nSPS) is 42.6. The minimum absolute atomic E-state index is 0.111. The Morgan fingerprint density at radius 2 is 1.03 bits per heavy atom. The molecule has 2 aromatic carbocycles.